The van der Waals surface area contributed by atoms with Crippen LogP contribution in [0, 0.1) is 0 Å². The zero-order chi connectivity index (χ0) is 19.8. The highest BCUT2D eigenvalue weighted by Crippen LogP contribution is 2.37. The third-order valence-corrected chi connectivity index (χ3v) is 4.77. The van der Waals surface area contributed by atoms with E-state index >= 15 is 0 Å². The molecule has 0 fully saturated rings. The zero-order valence-electron chi connectivity index (χ0n) is 16.0. The van der Waals surface area contributed by atoms with Crippen LogP contribution >= 0.6 is 7.82 Å². The van der Waals surface area contributed by atoms with Crippen LogP contribution in [0.15, 0.2) is 12.2 Å². The molecule has 0 heterocycles. The summed E-state index contributed by atoms with van der Waals surface area (Å²) < 4.78 is 14.7. The van der Waals surface area contributed by atoms with Crippen molar-refractivity contribution in [1.29, 1.82) is 0 Å². The summed E-state index contributed by atoms with van der Waals surface area (Å²) >= 11 is 0. The minimum Gasteiger partial charge on any atom is -0.387 e. The van der Waals surface area contributed by atoms with E-state index < -0.39 is 26.3 Å². The Morgan fingerprint density at radius 1 is 0.923 bits per heavy atom. The zero-order valence-corrected chi connectivity index (χ0v) is 16.9. The summed E-state index contributed by atoms with van der Waals surface area (Å²) in [6.45, 7) is 2.23. The molecule has 0 saturated heterocycles. The first kappa shape index (κ1) is 25.7. The molecule has 0 spiro atoms. The molecule has 26 heavy (non-hydrogen) atoms. The number of hydrogen-bond donors (Lipinski definition) is 5. The van der Waals surface area contributed by atoms with Gasteiger partial charge in [-0.25, -0.2) is 4.57 Å². The molecule has 0 aliphatic rings. The lowest BCUT2D eigenvalue weighted by Gasteiger charge is -2.21. The minimum absolute atomic E-state index is 0.788. The van der Waals surface area contributed by atoms with Crippen LogP contribution in [-0.2, 0) is 9.09 Å². The first-order chi connectivity index (χ1) is 12.3. The van der Waals surface area contributed by atoms with Gasteiger partial charge in [0.05, 0.1) is 12.1 Å². The van der Waals surface area contributed by atoms with Crippen LogP contribution in [0.5, 0.6) is 0 Å². The Morgan fingerprint density at radius 2 is 1.38 bits per heavy atom. The molecule has 0 aromatic carbocycles. The highest BCUT2D eigenvalue weighted by Gasteiger charge is 2.28. The van der Waals surface area contributed by atoms with Gasteiger partial charge >= 0.3 is 7.82 Å². The van der Waals surface area contributed by atoms with Crippen molar-refractivity contribution in [1.82, 2.24) is 0 Å². The second kappa shape index (κ2) is 15.8. The van der Waals surface area contributed by atoms with Gasteiger partial charge in [-0.3, -0.25) is 4.52 Å². The predicted octanol–water partition coefficient (Wildman–Crippen LogP) is 3.36. The van der Waals surface area contributed by atoms with E-state index in [1.165, 1.54) is 63.9 Å². The highest BCUT2D eigenvalue weighted by molar-refractivity contribution is 7.46. The van der Waals surface area contributed by atoms with Crippen molar-refractivity contribution < 1.29 is 29.1 Å². The average Bonchev–Trinajstić information content (AvgIpc) is 2.56. The van der Waals surface area contributed by atoms with Crippen molar-refractivity contribution in [2.45, 2.75) is 102 Å². The lowest BCUT2D eigenvalue weighted by atomic mass is 10.0. The fourth-order valence-corrected chi connectivity index (χ4v) is 3.09. The number of phosphoric acid groups is 1. The van der Waals surface area contributed by atoms with Crippen molar-refractivity contribution in [3.05, 3.63) is 12.2 Å². The smallest absolute Gasteiger partial charge is 0.387 e. The number of allylic oxidation sites excluding steroid dienone is 1. The minimum atomic E-state index is -4.84. The summed E-state index contributed by atoms with van der Waals surface area (Å²) in [7, 11) is -4.84. The second-order valence-electron chi connectivity index (χ2n) is 6.81. The summed E-state index contributed by atoms with van der Waals surface area (Å²) in [5.74, 6) is 0. The van der Waals surface area contributed by atoms with Crippen LogP contribution in [0.2, 0.25) is 0 Å². The summed E-state index contributed by atoms with van der Waals surface area (Å²) in [6, 6.07) is -1.32. The third-order valence-electron chi connectivity index (χ3n) is 4.28. The van der Waals surface area contributed by atoms with Gasteiger partial charge in [-0.1, -0.05) is 83.3 Å². The van der Waals surface area contributed by atoms with Gasteiger partial charge in [-0.05, 0) is 12.8 Å². The maximum atomic E-state index is 10.6. The van der Waals surface area contributed by atoms with E-state index in [0.717, 1.165) is 19.3 Å². The maximum Gasteiger partial charge on any atom is 0.471 e. The number of unbranched alkanes of at least 4 members (excludes halogenated alkanes) is 11. The lowest BCUT2D eigenvalue weighted by molar-refractivity contribution is -0.0727. The summed E-state index contributed by atoms with van der Waals surface area (Å²) in [4.78, 5) is 17.2. The molecule has 7 nitrogen and oxygen atoms in total. The van der Waals surface area contributed by atoms with Crippen molar-refractivity contribution in [2.24, 2.45) is 5.73 Å². The lowest BCUT2D eigenvalue weighted by Crippen LogP contribution is -2.44. The van der Waals surface area contributed by atoms with Crippen molar-refractivity contribution in [2.75, 3.05) is 0 Å². The molecule has 0 aliphatic heterocycles. The van der Waals surface area contributed by atoms with E-state index in [1.807, 2.05) is 0 Å². The number of aliphatic hydroxyl groups is 2. The number of rotatable bonds is 17. The maximum absolute atomic E-state index is 10.6. The molecule has 0 aliphatic carbocycles. The van der Waals surface area contributed by atoms with E-state index in [1.54, 1.807) is 6.08 Å². The summed E-state index contributed by atoms with van der Waals surface area (Å²) in [5.41, 5.74) is 5.50. The molecule has 6 N–H and O–H groups in total. The van der Waals surface area contributed by atoms with Gasteiger partial charge in [0, 0.05) is 0 Å². The molecule has 0 saturated carbocycles. The molecular weight excluding hydrogens is 357 g/mol. The van der Waals surface area contributed by atoms with Gasteiger partial charge < -0.3 is 25.7 Å². The Hall–Kier alpha value is -0.270. The molecule has 3 atom stereocenters. The van der Waals surface area contributed by atoms with Crippen molar-refractivity contribution >= 4 is 7.82 Å². The molecule has 0 aromatic rings. The summed E-state index contributed by atoms with van der Waals surface area (Å²) in [6.07, 6.45) is 14.8. The van der Waals surface area contributed by atoms with Crippen LogP contribution in [0.3, 0.4) is 0 Å². The molecule has 0 radical (unpaired) electrons. The van der Waals surface area contributed by atoms with E-state index in [-0.39, 0.29) is 0 Å². The Kier molecular flexibility index (Phi) is 15.6. The van der Waals surface area contributed by atoms with Crippen LogP contribution in [0.1, 0.15) is 84.0 Å². The Morgan fingerprint density at radius 3 is 1.85 bits per heavy atom. The fourth-order valence-electron chi connectivity index (χ4n) is 2.67. The standard InChI is InChI=1S/C18H38NO6P/c1-2-3-4-5-6-7-8-9-10-11-12-13-14-15-16(20)17(19)18(21)25-26(22,23)24/h14-18,20-21H,2-13,19H2,1H3,(H2,22,23,24)/t16?,17?,18-/m0/s1. The first-order valence-electron chi connectivity index (χ1n) is 9.80. The molecular formula is C18H38NO6P. The molecule has 2 unspecified atom stereocenters. The van der Waals surface area contributed by atoms with Crippen LogP contribution in [0.25, 0.3) is 0 Å². The quantitative estimate of drug-likeness (QED) is 0.110. The monoisotopic (exact) mass is 395 g/mol. The SMILES string of the molecule is CCCCCCCCCCCCCC=CC(O)C(N)[C@@H](O)OP(=O)(O)O. The van der Waals surface area contributed by atoms with E-state index in [0.29, 0.717) is 0 Å². The average molecular weight is 395 g/mol. The van der Waals surface area contributed by atoms with E-state index in [9.17, 15) is 14.8 Å². The number of aliphatic hydroxyl groups excluding tert-OH is 2. The Bertz CT molecular complexity index is 401. The number of hydrogen-bond acceptors (Lipinski definition) is 5. The van der Waals surface area contributed by atoms with E-state index in [2.05, 4.69) is 11.4 Å². The Labute approximate surface area is 157 Å². The molecule has 156 valence electrons. The molecule has 8 heteroatoms. The van der Waals surface area contributed by atoms with Crippen molar-refractivity contribution in [3.63, 3.8) is 0 Å². The van der Waals surface area contributed by atoms with Crippen molar-refractivity contribution in [3.8, 4) is 0 Å². The van der Waals surface area contributed by atoms with Crippen LogP contribution < -0.4 is 5.73 Å². The van der Waals surface area contributed by atoms with Gasteiger partial charge in [0.25, 0.3) is 0 Å². The topological polar surface area (TPSA) is 133 Å². The van der Waals surface area contributed by atoms with Crippen LogP contribution in [0.4, 0.5) is 0 Å². The van der Waals surface area contributed by atoms with Gasteiger partial charge in [0.1, 0.15) is 0 Å². The molecule has 0 amide bonds. The fraction of sp³-hybridized carbons (Fsp3) is 0.889. The molecule has 0 bridgehead atoms. The summed E-state index contributed by atoms with van der Waals surface area (Å²) in [5, 5.41) is 19.2. The molecule has 0 rings (SSSR count). The van der Waals surface area contributed by atoms with Gasteiger partial charge in [0.2, 0.25) is 0 Å². The largest absolute Gasteiger partial charge is 0.471 e. The third kappa shape index (κ3) is 15.9. The normalized spacial score (nSPS) is 16.1. The number of nitrogens with two attached hydrogens (primary N) is 1. The van der Waals surface area contributed by atoms with E-state index in [4.69, 9.17) is 15.5 Å². The van der Waals surface area contributed by atoms with Gasteiger partial charge in [-0.15, -0.1) is 0 Å². The second-order valence-corrected chi connectivity index (χ2v) is 8.00. The molecule has 0 aromatic heterocycles. The van der Waals surface area contributed by atoms with Gasteiger partial charge in [0.15, 0.2) is 6.29 Å². The van der Waals surface area contributed by atoms with Crippen LogP contribution in [-0.4, -0.2) is 38.4 Å². The Balaban J connectivity index is 3.61. The number of phosphoric ester groups is 1. The van der Waals surface area contributed by atoms with Gasteiger partial charge in [-0.2, -0.15) is 0 Å². The predicted molar refractivity (Wildman–Crippen MR) is 103 cm³/mol. The highest BCUT2D eigenvalue weighted by atomic mass is 31.2. The first-order valence-corrected chi connectivity index (χ1v) is 11.3.